The minimum atomic E-state index is -0.535. The molecule has 2 atom stereocenters. The Balaban J connectivity index is 1.83. The fraction of sp³-hybridized carbons (Fsp3) is 0.200. The van der Waals surface area contributed by atoms with Crippen molar-refractivity contribution in [3.8, 4) is 0 Å². The zero-order valence-electron chi connectivity index (χ0n) is 15.6. The van der Waals surface area contributed by atoms with Crippen molar-refractivity contribution in [2.75, 3.05) is 5.32 Å². The maximum Gasteiger partial charge on any atom is 0.272 e. The minimum absolute atomic E-state index is 0.203. The van der Waals surface area contributed by atoms with Crippen molar-refractivity contribution in [1.29, 1.82) is 0 Å². The number of aromatic amines is 1. The van der Waals surface area contributed by atoms with E-state index in [1.165, 1.54) is 24.3 Å². The van der Waals surface area contributed by atoms with Gasteiger partial charge in [-0.2, -0.15) is 10.2 Å². The number of H-pyrrole nitrogens is 1. The summed E-state index contributed by atoms with van der Waals surface area (Å²) in [4.78, 5) is 16.7. The van der Waals surface area contributed by atoms with Gasteiger partial charge in [-0.05, 0) is 43.7 Å². The van der Waals surface area contributed by atoms with Crippen LogP contribution in [0.5, 0.6) is 0 Å². The van der Waals surface area contributed by atoms with E-state index in [9.17, 15) is 13.6 Å². The first-order valence-electron chi connectivity index (χ1n) is 9.06. The summed E-state index contributed by atoms with van der Waals surface area (Å²) in [6.07, 6.45) is 0. The summed E-state index contributed by atoms with van der Waals surface area (Å²) in [7, 11) is 0. The molecule has 2 N–H and O–H groups in total. The van der Waals surface area contributed by atoms with E-state index in [0.29, 0.717) is 28.4 Å². The summed E-state index contributed by atoms with van der Waals surface area (Å²) in [5.74, 6) is 0.357. The van der Waals surface area contributed by atoms with E-state index >= 15 is 0 Å². The Morgan fingerprint density at radius 1 is 1.07 bits per heavy atom. The number of hydrogen-bond donors (Lipinski definition) is 2. The molecule has 0 bridgehead atoms. The molecule has 9 heteroatoms. The monoisotopic (exact) mass is 394 g/mol. The maximum atomic E-state index is 14.2. The minimum Gasteiger partial charge on any atom is -0.375 e. The van der Waals surface area contributed by atoms with Crippen molar-refractivity contribution >= 4 is 16.5 Å². The van der Waals surface area contributed by atoms with Gasteiger partial charge in [0, 0.05) is 11.1 Å². The Labute approximate surface area is 163 Å². The molecular formula is C20H16F2N6O. The van der Waals surface area contributed by atoms with Crippen molar-refractivity contribution in [3.05, 3.63) is 81.3 Å². The third kappa shape index (κ3) is 2.69. The second-order valence-electron chi connectivity index (χ2n) is 7.08. The molecule has 0 amide bonds. The first kappa shape index (κ1) is 17.5. The van der Waals surface area contributed by atoms with Crippen LogP contribution in [0.3, 0.4) is 0 Å². The SMILES string of the molecule is Cc1nc(C)n(C2c3n[nH]c(=O)c4cc(F)cc(c34)NC2c2ccc(F)cc2)n1. The molecule has 2 unspecified atom stereocenters. The molecule has 3 heterocycles. The lowest BCUT2D eigenvalue weighted by molar-refractivity contribution is 0.435. The van der Waals surface area contributed by atoms with E-state index in [1.807, 2.05) is 6.92 Å². The van der Waals surface area contributed by atoms with Crippen molar-refractivity contribution in [2.24, 2.45) is 0 Å². The van der Waals surface area contributed by atoms with Crippen LogP contribution in [0.15, 0.2) is 41.2 Å². The Bertz CT molecular complexity index is 1310. The van der Waals surface area contributed by atoms with Crippen LogP contribution in [0.1, 0.15) is 35.0 Å². The normalized spacial score (nSPS) is 18.1. The van der Waals surface area contributed by atoms with Gasteiger partial charge in [0.15, 0.2) is 0 Å². The number of rotatable bonds is 2. The number of nitrogens with zero attached hydrogens (tertiary/aromatic N) is 4. The van der Waals surface area contributed by atoms with Crippen LogP contribution >= 0.6 is 0 Å². The molecule has 0 saturated carbocycles. The van der Waals surface area contributed by atoms with Gasteiger partial charge in [-0.15, -0.1) is 0 Å². The number of aromatic nitrogens is 5. The molecule has 1 aliphatic rings. The Kier molecular flexibility index (Phi) is 3.73. The van der Waals surface area contributed by atoms with Crippen LogP contribution in [0.25, 0.3) is 10.8 Å². The largest absolute Gasteiger partial charge is 0.375 e. The average molecular weight is 394 g/mol. The number of aryl methyl sites for hydroxylation is 2. The highest BCUT2D eigenvalue weighted by Gasteiger charge is 2.37. The molecule has 146 valence electrons. The van der Waals surface area contributed by atoms with Crippen LogP contribution in [-0.4, -0.2) is 25.0 Å². The molecule has 2 aromatic heterocycles. The van der Waals surface area contributed by atoms with E-state index in [4.69, 9.17) is 0 Å². The molecule has 0 spiro atoms. The number of nitrogens with one attached hydrogen (secondary N) is 2. The van der Waals surface area contributed by atoms with Crippen molar-refractivity contribution in [3.63, 3.8) is 0 Å². The summed E-state index contributed by atoms with van der Waals surface area (Å²) in [6, 6.07) is 7.65. The highest BCUT2D eigenvalue weighted by Crippen LogP contribution is 2.44. The van der Waals surface area contributed by atoms with Crippen LogP contribution < -0.4 is 10.9 Å². The first-order valence-corrected chi connectivity index (χ1v) is 9.06. The topological polar surface area (TPSA) is 88.5 Å². The summed E-state index contributed by atoms with van der Waals surface area (Å²) in [5, 5.41) is 15.3. The van der Waals surface area contributed by atoms with Gasteiger partial charge >= 0.3 is 0 Å². The van der Waals surface area contributed by atoms with Gasteiger partial charge < -0.3 is 5.32 Å². The lowest BCUT2D eigenvalue weighted by atomic mass is 9.89. The van der Waals surface area contributed by atoms with Gasteiger partial charge in [0.25, 0.3) is 5.56 Å². The molecule has 0 radical (unpaired) electrons. The van der Waals surface area contributed by atoms with Crippen molar-refractivity contribution < 1.29 is 8.78 Å². The van der Waals surface area contributed by atoms with Gasteiger partial charge in [0.1, 0.15) is 29.3 Å². The molecule has 5 rings (SSSR count). The first-order chi connectivity index (χ1) is 13.9. The third-order valence-electron chi connectivity index (χ3n) is 5.19. The Hall–Kier alpha value is -3.62. The molecule has 0 saturated heterocycles. The van der Waals surface area contributed by atoms with Crippen LogP contribution in [0.4, 0.5) is 14.5 Å². The lowest BCUT2D eigenvalue weighted by Crippen LogP contribution is -2.32. The smallest absolute Gasteiger partial charge is 0.272 e. The van der Waals surface area contributed by atoms with Crippen LogP contribution in [-0.2, 0) is 0 Å². The molecule has 29 heavy (non-hydrogen) atoms. The van der Waals surface area contributed by atoms with E-state index in [-0.39, 0.29) is 11.2 Å². The second-order valence-corrected chi connectivity index (χ2v) is 7.08. The molecular weight excluding hydrogens is 378 g/mol. The molecule has 0 fully saturated rings. The van der Waals surface area contributed by atoms with Crippen molar-refractivity contribution in [2.45, 2.75) is 25.9 Å². The molecule has 2 aromatic carbocycles. The van der Waals surface area contributed by atoms with Crippen LogP contribution in [0.2, 0.25) is 0 Å². The van der Waals surface area contributed by atoms with Crippen molar-refractivity contribution in [1.82, 2.24) is 25.0 Å². The van der Waals surface area contributed by atoms with E-state index in [1.54, 1.807) is 23.7 Å². The van der Waals surface area contributed by atoms with Gasteiger partial charge in [-0.25, -0.2) is 23.5 Å². The van der Waals surface area contributed by atoms with E-state index in [0.717, 1.165) is 5.56 Å². The predicted octanol–water partition coefficient (Wildman–Crippen LogP) is 3.17. The summed E-state index contributed by atoms with van der Waals surface area (Å²) in [6.45, 7) is 3.61. The maximum absolute atomic E-state index is 14.2. The zero-order valence-corrected chi connectivity index (χ0v) is 15.6. The molecule has 7 nitrogen and oxygen atoms in total. The predicted molar refractivity (Wildman–Crippen MR) is 103 cm³/mol. The fourth-order valence-corrected chi connectivity index (χ4v) is 4.01. The van der Waals surface area contributed by atoms with Gasteiger partial charge in [-0.1, -0.05) is 12.1 Å². The molecule has 4 aromatic rings. The Morgan fingerprint density at radius 2 is 1.83 bits per heavy atom. The number of benzene rings is 2. The standard InChI is InChI=1S/C20H16F2N6O/c1-9-23-10(2)28(27-9)19-17(11-3-5-12(21)6-4-11)24-15-8-13(22)7-14-16(15)18(19)25-26-20(14)29/h3-8,17,19,24H,1-2H3,(H,26,29). The Morgan fingerprint density at radius 3 is 2.52 bits per heavy atom. The quantitative estimate of drug-likeness (QED) is 0.545. The lowest BCUT2D eigenvalue weighted by Gasteiger charge is -2.34. The fourth-order valence-electron chi connectivity index (χ4n) is 4.01. The van der Waals surface area contributed by atoms with Crippen LogP contribution in [0, 0.1) is 25.5 Å². The van der Waals surface area contributed by atoms with E-state index < -0.39 is 23.5 Å². The zero-order chi connectivity index (χ0) is 20.3. The third-order valence-corrected chi connectivity index (χ3v) is 5.19. The molecule has 1 aliphatic heterocycles. The van der Waals surface area contributed by atoms with Gasteiger partial charge in [0.05, 0.1) is 17.1 Å². The highest BCUT2D eigenvalue weighted by molar-refractivity contribution is 5.97. The van der Waals surface area contributed by atoms with E-state index in [2.05, 4.69) is 25.6 Å². The highest BCUT2D eigenvalue weighted by atomic mass is 19.1. The molecule has 0 aliphatic carbocycles. The summed E-state index contributed by atoms with van der Waals surface area (Å²) >= 11 is 0. The number of hydrogen-bond acceptors (Lipinski definition) is 5. The summed E-state index contributed by atoms with van der Waals surface area (Å²) < 4.78 is 29.4. The summed E-state index contributed by atoms with van der Waals surface area (Å²) in [5.41, 5.74) is 1.28. The average Bonchev–Trinajstić information content (AvgIpc) is 3.02. The van der Waals surface area contributed by atoms with Gasteiger partial charge in [0.2, 0.25) is 0 Å². The number of halogens is 2. The van der Waals surface area contributed by atoms with Gasteiger partial charge in [-0.3, -0.25) is 4.79 Å². The number of anilines is 1. The second kappa shape index (κ2) is 6.20.